The lowest BCUT2D eigenvalue weighted by Gasteiger charge is -2.31. The van der Waals surface area contributed by atoms with Crippen LogP contribution in [0, 0.1) is 5.82 Å². The van der Waals surface area contributed by atoms with Crippen molar-refractivity contribution < 1.29 is 9.13 Å². The molecule has 128 valence electrons. The number of ether oxygens (including phenoxy) is 1. The average molecular weight is 353 g/mol. The molecule has 1 heterocycles. The van der Waals surface area contributed by atoms with E-state index in [1.54, 1.807) is 12.1 Å². The van der Waals surface area contributed by atoms with Crippen LogP contribution in [0.15, 0.2) is 24.3 Å². The summed E-state index contributed by atoms with van der Waals surface area (Å²) in [7, 11) is 2.22. The monoisotopic (exact) mass is 352 g/mol. The summed E-state index contributed by atoms with van der Waals surface area (Å²) in [5, 5.41) is 3.39. The molecule has 1 fully saturated rings. The molecule has 1 aliphatic heterocycles. The summed E-state index contributed by atoms with van der Waals surface area (Å²) in [5.41, 5.74) is 0. The van der Waals surface area contributed by atoms with Gasteiger partial charge in [-0.1, -0.05) is 0 Å². The minimum absolute atomic E-state index is 0. The number of nitrogens with zero attached hydrogens (tertiary/aromatic N) is 1. The van der Waals surface area contributed by atoms with Gasteiger partial charge in [0.15, 0.2) is 0 Å². The van der Waals surface area contributed by atoms with Crippen LogP contribution >= 0.6 is 24.8 Å². The van der Waals surface area contributed by atoms with Gasteiger partial charge in [-0.05, 0) is 76.6 Å². The molecule has 2 rings (SSSR count). The zero-order valence-corrected chi connectivity index (χ0v) is 14.7. The third kappa shape index (κ3) is 7.63. The van der Waals surface area contributed by atoms with Gasteiger partial charge in [0.2, 0.25) is 0 Å². The second kappa shape index (κ2) is 11.9. The first kappa shape index (κ1) is 21.4. The Balaban J connectivity index is 0.00000220. The lowest BCUT2D eigenvalue weighted by molar-refractivity contribution is 0.190. The van der Waals surface area contributed by atoms with Gasteiger partial charge >= 0.3 is 0 Å². The summed E-state index contributed by atoms with van der Waals surface area (Å²) in [6.07, 6.45) is 4.68. The molecule has 0 bridgehead atoms. The van der Waals surface area contributed by atoms with Crippen molar-refractivity contribution in [2.75, 3.05) is 33.3 Å². The fourth-order valence-corrected chi connectivity index (χ4v) is 2.61. The second-order valence-corrected chi connectivity index (χ2v) is 5.47. The van der Waals surface area contributed by atoms with Crippen LogP contribution in [0.25, 0.3) is 0 Å². The standard InChI is InChI=1S/C16H25FN2O.2ClH/c1-19(15-8-10-18-11-9-15)12-2-3-13-20-16-6-4-14(17)5-7-16;;/h4-7,15,18H,2-3,8-13H2,1H3;2*1H. The Kier molecular flexibility index (Phi) is 11.6. The molecule has 1 aromatic carbocycles. The molecule has 3 nitrogen and oxygen atoms in total. The van der Waals surface area contributed by atoms with Crippen LogP contribution in [-0.2, 0) is 0 Å². The fourth-order valence-electron chi connectivity index (χ4n) is 2.61. The molecule has 1 aliphatic rings. The van der Waals surface area contributed by atoms with Crippen LogP contribution in [0.2, 0.25) is 0 Å². The SMILES string of the molecule is CN(CCCCOc1ccc(F)cc1)C1CCNCC1.Cl.Cl. The first-order valence-corrected chi connectivity index (χ1v) is 7.55. The number of hydrogen-bond donors (Lipinski definition) is 1. The smallest absolute Gasteiger partial charge is 0.123 e. The molecule has 1 saturated heterocycles. The molecule has 0 aliphatic carbocycles. The highest BCUT2D eigenvalue weighted by molar-refractivity contribution is 5.85. The van der Waals surface area contributed by atoms with Gasteiger partial charge in [-0.2, -0.15) is 0 Å². The number of rotatable bonds is 7. The summed E-state index contributed by atoms with van der Waals surface area (Å²) in [4.78, 5) is 2.47. The lowest BCUT2D eigenvalue weighted by atomic mass is 10.1. The van der Waals surface area contributed by atoms with Gasteiger partial charge < -0.3 is 15.0 Å². The van der Waals surface area contributed by atoms with Gasteiger partial charge in [-0.15, -0.1) is 24.8 Å². The van der Waals surface area contributed by atoms with Crippen molar-refractivity contribution in [2.45, 2.75) is 31.7 Å². The molecule has 0 unspecified atom stereocenters. The van der Waals surface area contributed by atoms with Crippen molar-refractivity contribution in [3.8, 4) is 5.75 Å². The van der Waals surface area contributed by atoms with Crippen LogP contribution < -0.4 is 10.1 Å². The molecule has 0 aromatic heterocycles. The third-order valence-corrected chi connectivity index (χ3v) is 3.92. The molecule has 0 spiro atoms. The van der Waals surface area contributed by atoms with Crippen molar-refractivity contribution in [2.24, 2.45) is 0 Å². The van der Waals surface area contributed by atoms with Crippen molar-refractivity contribution in [1.29, 1.82) is 0 Å². The van der Waals surface area contributed by atoms with E-state index in [-0.39, 0.29) is 30.6 Å². The van der Waals surface area contributed by atoms with E-state index in [1.165, 1.54) is 25.0 Å². The predicted octanol–water partition coefficient (Wildman–Crippen LogP) is 3.51. The summed E-state index contributed by atoms with van der Waals surface area (Å²) < 4.78 is 18.3. The molecule has 0 amide bonds. The van der Waals surface area contributed by atoms with E-state index in [2.05, 4.69) is 17.3 Å². The van der Waals surface area contributed by atoms with Crippen LogP contribution in [0.1, 0.15) is 25.7 Å². The molecule has 1 aromatic rings. The zero-order valence-electron chi connectivity index (χ0n) is 13.1. The molecule has 1 N–H and O–H groups in total. The van der Waals surface area contributed by atoms with E-state index in [9.17, 15) is 4.39 Å². The van der Waals surface area contributed by atoms with Crippen LogP contribution in [-0.4, -0.2) is 44.2 Å². The normalized spacial score (nSPS) is 15.0. The van der Waals surface area contributed by atoms with Crippen molar-refractivity contribution in [3.63, 3.8) is 0 Å². The third-order valence-electron chi connectivity index (χ3n) is 3.92. The average Bonchev–Trinajstić information content (AvgIpc) is 2.49. The van der Waals surface area contributed by atoms with E-state index in [0.717, 1.165) is 44.3 Å². The van der Waals surface area contributed by atoms with Crippen molar-refractivity contribution in [1.82, 2.24) is 10.2 Å². The Morgan fingerprint density at radius 1 is 1.14 bits per heavy atom. The Hall–Kier alpha value is -0.550. The van der Waals surface area contributed by atoms with Gasteiger partial charge in [-0.3, -0.25) is 0 Å². The van der Waals surface area contributed by atoms with Crippen LogP contribution in [0.5, 0.6) is 5.75 Å². The zero-order chi connectivity index (χ0) is 14.2. The van der Waals surface area contributed by atoms with E-state index in [0.29, 0.717) is 6.61 Å². The van der Waals surface area contributed by atoms with Crippen molar-refractivity contribution >= 4 is 24.8 Å². The van der Waals surface area contributed by atoms with Gasteiger partial charge in [0.1, 0.15) is 11.6 Å². The Morgan fingerprint density at radius 3 is 2.41 bits per heavy atom. The molecule has 0 saturated carbocycles. The van der Waals surface area contributed by atoms with Gasteiger partial charge in [0, 0.05) is 6.04 Å². The predicted molar refractivity (Wildman–Crippen MR) is 94.1 cm³/mol. The highest BCUT2D eigenvalue weighted by Gasteiger charge is 2.16. The first-order chi connectivity index (χ1) is 9.75. The lowest BCUT2D eigenvalue weighted by Crippen LogP contribution is -2.41. The number of unbranched alkanes of at least 4 members (excludes halogenated alkanes) is 1. The van der Waals surface area contributed by atoms with Crippen LogP contribution in [0.4, 0.5) is 4.39 Å². The highest BCUT2D eigenvalue weighted by atomic mass is 35.5. The van der Waals surface area contributed by atoms with E-state index in [4.69, 9.17) is 4.74 Å². The Morgan fingerprint density at radius 2 is 1.77 bits per heavy atom. The molecule has 22 heavy (non-hydrogen) atoms. The maximum atomic E-state index is 12.7. The quantitative estimate of drug-likeness (QED) is 0.760. The largest absolute Gasteiger partial charge is 0.494 e. The van der Waals surface area contributed by atoms with E-state index >= 15 is 0 Å². The van der Waals surface area contributed by atoms with Gasteiger partial charge in [-0.25, -0.2) is 4.39 Å². The maximum Gasteiger partial charge on any atom is 0.123 e. The van der Waals surface area contributed by atoms with E-state index < -0.39 is 0 Å². The molecule has 0 atom stereocenters. The molecule has 0 radical (unpaired) electrons. The molecule has 6 heteroatoms. The Labute approximate surface area is 145 Å². The first-order valence-electron chi connectivity index (χ1n) is 7.55. The highest BCUT2D eigenvalue weighted by Crippen LogP contribution is 2.13. The van der Waals surface area contributed by atoms with Crippen molar-refractivity contribution in [3.05, 3.63) is 30.1 Å². The minimum Gasteiger partial charge on any atom is -0.494 e. The number of hydrogen-bond acceptors (Lipinski definition) is 3. The van der Waals surface area contributed by atoms with Gasteiger partial charge in [0.25, 0.3) is 0 Å². The number of piperidine rings is 1. The Bertz CT molecular complexity index is 386. The topological polar surface area (TPSA) is 24.5 Å². The maximum absolute atomic E-state index is 12.7. The number of halogens is 3. The summed E-state index contributed by atoms with van der Waals surface area (Å²) in [5.74, 6) is 0.527. The molecular formula is C16H27Cl2FN2O. The van der Waals surface area contributed by atoms with Crippen LogP contribution in [0.3, 0.4) is 0 Å². The number of nitrogens with one attached hydrogen (secondary N) is 1. The minimum atomic E-state index is -0.221. The summed E-state index contributed by atoms with van der Waals surface area (Å²) >= 11 is 0. The molecular weight excluding hydrogens is 326 g/mol. The fraction of sp³-hybridized carbons (Fsp3) is 0.625. The summed E-state index contributed by atoms with van der Waals surface area (Å²) in [6.45, 7) is 4.11. The second-order valence-electron chi connectivity index (χ2n) is 5.47. The van der Waals surface area contributed by atoms with E-state index in [1.807, 2.05) is 0 Å². The van der Waals surface area contributed by atoms with Gasteiger partial charge in [0.05, 0.1) is 6.61 Å². The summed E-state index contributed by atoms with van der Waals surface area (Å²) in [6, 6.07) is 6.95. The number of benzene rings is 1.